The van der Waals surface area contributed by atoms with Gasteiger partial charge in [0.05, 0.1) is 17.8 Å². The van der Waals surface area contributed by atoms with Gasteiger partial charge < -0.3 is 20.9 Å². The topological polar surface area (TPSA) is 61.6 Å². The SMILES string of the molecule is CCN1CCN(c2ccccc2NC(=O)Cc2ccc(N)cc2)CC1. The van der Waals surface area contributed by atoms with E-state index in [1.165, 1.54) is 0 Å². The molecule has 2 aromatic rings. The first kappa shape index (κ1) is 17.3. The van der Waals surface area contributed by atoms with Gasteiger partial charge in [-0.3, -0.25) is 4.79 Å². The van der Waals surface area contributed by atoms with E-state index in [1.807, 2.05) is 42.5 Å². The van der Waals surface area contributed by atoms with E-state index in [4.69, 9.17) is 5.73 Å². The number of amides is 1. The number of nitrogens with two attached hydrogens (primary N) is 1. The second-order valence-electron chi connectivity index (χ2n) is 6.40. The number of para-hydroxylation sites is 2. The third-order valence-electron chi connectivity index (χ3n) is 4.68. The molecule has 1 saturated heterocycles. The minimum atomic E-state index is -0.00980. The minimum Gasteiger partial charge on any atom is -0.399 e. The van der Waals surface area contributed by atoms with Gasteiger partial charge in [-0.05, 0) is 36.4 Å². The Kier molecular flexibility index (Phi) is 5.56. The molecule has 1 aliphatic heterocycles. The number of carbonyl (C=O) groups is 1. The van der Waals surface area contributed by atoms with Crippen molar-refractivity contribution in [3.63, 3.8) is 0 Å². The molecule has 0 aromatic heterocycles. The Morgan fingerprint density at radius 2 is 1.72 bits per heavy atom. The standard InChI is InChI=1S/C20H26N4O/c1-2-23-11-13-24(14-12-23)19-6-4-3-5-18(19)22-20(25)15-16-7-9-17(21)10-8-16/h3-10H,2,11-15,21H2,1H3,(H,22,25). The Hall–Kier alpha value is -2.53. The summed E-state index contributed by atoms with van der Waals surface area (Å²) >= 11 is 0. The maximum Gasteiger partial charge on any atom is 0.228 e. The monoisotopic (exact) mass is 338 g/mol. The third kappa shape index (κ3) is 4.51. The maximum absolute atomic E-state index is 12.4. The summed E-state index contributed by atoms with van der Waals surface area (Å²) in [7, 11) is 0. The summed E-state index contributed by atoms with van der Waals surface area (Å²) in [4.78, 5) is 17.2. The highest BCUT2D eigenvalue weighted by atomic mass is 16.1. The molecular formula is C20H26N4O. The number of nitrogen functional groups attached to an aromatic ring is 1. The highest BCUT2D eigenvalue weighted by molar-refractivity contribution is 5.95. The van der Waals surface area contributed by atoms with Crippen molar-refractivity contribution in [3.8, 4) is 0 Å². The van der Waals surface area contributed by atoms with Crippen molar-refractivity contribution >= 4 is 23.0 Å². The highest BCUT2D eigenvalue weighted by Crippen LogP contribution is 2.26. The largest absolute Gasteiger partial charge is 0.399 e. The van der Waals surface area contributed by atoms with Crippen molar-refractivity contribution < 1.29 is 4.79 Å². The molecule has 5 nitrogen and oxygen atoms in total. The van der Waals surface area contributed by atoms with Gasteiger partial charge in [-0.1, -0.05) is 31.2 Å². The molecule has 0 unspecified atom stereocenters. The van der Waals surface area contributed by atoms with Crippen LogP contribution < -0.4 is 16.0 Å². The molecule has 1 aliphatic rings. The molecule has 5 heteroatoms. The lowest BCUT2D eigenvalue weighted by atomic mass is 10.1. The predicted octanol–water partition coefficient (Wildman–Crippen LogP) is 2.59. The molecule has 0 aliphatic carbocycles. The van der Waals surface area contributed by atoms with Gasteiger partial charge in [0.1, 0.15) is 0 Å². The van der Waals surface area contributed by atoms with Crippen molar-refractivity contribution in [2.24, 2.45) is 0 Å². The Morgan fingerprint density at radius 1 is 1.04 bits per heavy atom. The Morgan fingerprint density at radius 3 is 2.40 bits per heavy atom. The summed E-state index contributed by atoms with van der Waals surface area (Å²) < 4.78 is 0. The summed E-state index contributed by atoms with van der Waals surface area (Å²) in [6.07, 6.45) is 0.345. The van der Waals surface area contributed by atoms with Gasteiger partial charge in [-0.15, -0.1) is 0 Å². The second kappa shape index (κ2) is 8.03. The van der Waals surface area contributed by atoms with E-state index < -0.39 is 0 Å². The van der Waals surface area contributed by atoms with E-state index in [0.29, 0.717) is 12.1 Å². The molecule has 1 heterocycles. The van der Waals surface area contributed by atoms with Gasteiger partial charge in [0.2, 0.25) is 5.91 Å². The molecular weight excluding hydrogens is 312 g/mol. The number of nitrogens with zero attached hydrogens (tertiary/aromatic N) is 2. The number of likely N-dealkylation sites (N-methyl/N-ethyl adjacent to an activating group) is 1. The normalized spacial score (nSPS) is 15.2. The lowest BCUT2D eigenvalue weighted by Crippen LogP contribution is -2.46. The van der Waals surface area contributed by atoms with Crippen molar-refractivity contribution in [1.29, 1.82) is 0 Å². The molecule has 0 bridgehead atoms. The highest BCUT2D eigenvalue weighted by Gasteiger charge is 2.18. The number of anilines is 3. The molecule has 0 saturated carbocycles. The zero-order valence-corrected chi connectivity index (χ0v) is 14.7. The van der Waals surface area contributed by atoms with E-state index in [0.717, 1.165) is 49.7 Å². The van der Waals surface area contributed by atoms with E-state index in [-0.39, 0.29) is 5.91 Å². The number of carbonyl (C=O) groups excluding carboxylic acids is 1. The third-order valence-corrected chi connectivity index (χ3v) is 4.68. The molecule has 0 spiro atoms. The van der Waals surface area contributed by atoms with Crippen LogP contribution in [0.3, 0.4) is 0 Å². The average Bonchev–Trinajstić information content (AvgIpc) is 2.64. The number of hydrogen-bond acceptors (Lipinski definition) is 4. The summed E-state index contributed by atoms with van der Waals surface area (Å²) in [5.74, 6) is -0.00980. The Balaban J connectivity index is 1.66. The number of benzene rings is 2. The molecule has 0 radical (unpaired) electrons. The zero-order chi connectivity index (χ0) is 17.6. The van der Waals surface area contributed by atoms with Crippen LogP contribution in [0.5, 0.6) is 0 Å². The van der Waals surface area contributed by atoms with Crippen LogP contribution in [0, 0.1) is 0 Å². The fourth-order valence-corrected chi connectivity index (χ4v) is 3.18. The molecule has 2 aromatic carbocycles. The first-order valence-corrected chi connectivity index (χ1v) is 8.86. The van der Waals surface area contributed by atoms with Crippen LogP contribution in [0.4, 0.5) is 17.1 Å². The molecule has 132 valence electrons. The lowest BCUT2D eigenvalue weighted by molar-refractivity contribution is -0.115. The molecule has 25 heavy (non-hydrogen) atoms. The van der Waals surface area contributed by atoms with Gasteiger partial charge in [0.25, 0.3) is 0 Å². The smallest absolute Gasteiger partial charge is 0.228 e. The number of hydrogen-bond donors (Lipinski definition) is 2. The summed E-state index contributed by atoms with van der Waals surface area (Å²) in [5.41, 5.74) is 9.34. The summed E-state index contributed by atoms with van der Waals surface area (Å²) in [6.45, 7) is 7.38. The van der Waals surface area contributed by atoms with Crippen LogP contribution in [0.15, 0.2) is 48.5 Å². The van der Waals surface area contributed by atoms with Gasteiger partial charge in [-0.25, -0.2) is 0 Å². The lowest BCUT2D eigenvalue weighted by Gasteiger charge is -2.36. The van der Waals surface area contributed by atoms with Crippen LogP contribution in [0.1, 0.15) is 12.5 Å². The van der Waals surface area contributed by atoms with E-state index in [1.54, 1.807) is 0 Å². The quantitative estimate of drug-likeness (QED) is 0.823. The molecule has 3 rings (SSSR count). The fraction of sp³-hybridized carbons (Fsp3) is 0.350. The Labute approximate surface area is 149 Å². The van der Waals surface area contributed by atoms with Crippen LogP contribution in [-0.4, -0.2) is 43.5 Å². The van der Waals surface area contributed by atoms with E-state index >= 15 is 0 Å². The first-order chi connectivity index (χ1) is 12.2. The van der Waals surface area contributed by atoms with Crippen molar-refractivity contribution in [1.82, 2.24) is 4.90 Å². The molecule has 1 fully saturated rings. The van der Waals surface area contributed by atoms with E-state index in [9.17, 15) is 4.79 Å². The van der Waals surface area contributed by atoms with Crippen LogP contribution in [-0.2, 0) is 11.2 Å². The van der Waals surface area contributed by atoms with Gasteiger partial charge in [-0.2, -0.15) is 0 Å². The van der Waals surface area contributed by atoms with Crippen molar-refractivity contribution in [3.05, 3.63) is 54.1 Å². The molecule has 0 atom stereocenters. The minimum absolute atomic E-state index is 0.00980. The first-order valence-electron chi connectivity index (χ1n) is 8.86. The maximum atomic E-state index is 12.4. The van der Waals surface area contributed by atoms with Crippen molar-refractivity contribution in [2.45, 2.75) is 13.3 Å². The second-order valence-corrected chi connectivity index (χ2v) is 6.40. The van der Waals surface area contributed by atoms with E-state index in [2.05, 4.69) is 28.1 Å². The fourth-order valence-electron chi connectivity index (χ4n) is 3.18. The van der Waals surface area contributed by atoms with Crippen LogP contribution in [0.2, 0.25) is 0 Å². The van der Waals surface area contributed by atoms with Crippen LogP contribution >= 0.6 is 0 Å². The Bertz CT molecular complexity index is 706. The van der Waals surface area contributed by atoms with Gasteiger partial charge in [0, 0.05) is 31.9 Å². The number of nitrogens with one attached hydrogen (secondary N) is 1. The predicted molar refractivity (Wildman–Crippen MR) is 104 cm³/mol. The van der Waals surface area contributed by atoms with Gasteiger partial charge in [0.15, 0.2) is 0 Å². The molecule has 3 N–H and O–H groups in total. The van der Waals surface area contributed by atoms with Gasteiger partial charge >= 0.3 is 0 Å². The average molecular weight is 338 g/mol. The molecule has 1 amide bonds. The zero-order valence-electron chi connectivity index (χ0n) is 14.7. The summed E-state index contributed by atoms with van der Waals surface area (Å²) in [5, 5.41) is 3.07. The number of piperazine rings is 1. The summed E-state index contributed by atoms with van der Waals surface area (Å²) in [6, 6.07) is 15.5. The van der Waals surface area contributed by atoms with Crippen LogP contribution in [0.25, 0.3) is 0 Å². The number of rotatable bonds is 5. The van der Waals surface area contributed by atoms with Crippen molar-refractivity contribution in [2.75, 3.05) is 48.7 Å².